The first kappa shape index (κ1) is 17.4. The number of amides is 1. The molecule has 1 aliphatic rings. The van der Waals surface area contributed by atoms with Crippen LogP contribution in [0.3, 0.4) is 0 Å². The van der Waals surface area contributed by atoms with E-state index in [0.717, 1.165) is 22.6 Å². The number of benzene rings is 1. The summed E-state index contributed by atoms with van der Waals surface area (Å²) in [5.74, 6) is 2.49. The SMILES string of the molecule is COc1cccc([C@H]2CC(=O)Nc3c2c(C)nn3-c2ccc3nnc(C)n3n2)c1. The fourth-order valence-electron chi connectivity index (χ4n) is 3.86. The number of nitrogens with zero attached hydrogens (tertiary/aromatic N) is 6. The van der Waals surface area contributed by atoms with Crippen molar-refractivity contribution in [1.29, 1.82) is 0 Å². The summed E-state index contributed by atoms with van der Waals surface area (Å²) in [6.45, 7) is 3.78. The number of hydrogen-bond donors (Lipinski definition) is 1. The fraction of sp³-hybridized carbons (Fsp3) is 0.250. The average molecular weight is 389 g/mol. The van der Waals surface area contributed by atoms with E-state index in [4.69, 9.17) is 9.84 Å². The lowest BCUT2D eigenvalue weighted by Gasteiger charge is -2.24. The van der Waals surface area contributed by atoms with E-state index in [2.05, 4.69) is 20.6 Å². The second kappa shape index (κ2) is 6.40. The van der Waals surface area contributed by atoms with Gasteiger partial charge >= 0.3 is 0 Å². The summed E-state index contributed by atoms with van der Waals surface area (Å²) in [4.78, 5) is 12.6. The summed E-state index contributed by atoms with van der Waals surface area (Å²) in [7, 11) is 1.64. The number of nitrogens with one attached hydrogen (secondary N) is 1. The Labute approximate surface area is 166 Å². The van der Waals surface area contributed by atoms with Crippen LogP contribution >= 0.6 is 0 Å². The van der Waals surface area contributed by atoms with E-state index >= 15 is 0 Å². The highest BCUT2D eigenvalue weighted by Crippen LogP contribution is 2.40. The molecule has 0 unspecified atom stereocenters. The van der Waals surface area contributed by atoms with Crippen LogP contribution in [0, 0.1) is 13.8 Å². The first-order chi connectivity index (χ1) is 14.0. The Kier molecular flexibility index (Phi) is 3.83. The number of ether oxygens (including phenoxy) is 1. The monoisotopic (exact) mass is 389 g/mol. The van der Waals surface area contributed by atoms with Gasteiger partial charge in [-0.3, -0.25) is 4.79 Å². The van der Waals surface area contributed by atoms with Gasteiger partial charge < -0.3 is 10.1 Å². The molecule has 29 heavy (non-hydrogen) atoms. The van der Waals surface area contributed by atoms with Crippen LogP contribution < -0.4 is 10.1 Å². The van der Waals surface area contributed by atoms with Crippen LogP contribution in [0.15, 0.2) is 36.4 Å². The molecule has 5 rings (SSSR count). The molecule has 0 bridgehead atoms. The van der Waals surface area contributed by atoms with Crippen LogP contribution in [0.1, 0.15) is 35.0 Å². The van der Waals surface area contributed by atoms with E-state index in [0.29, 0.717) is 29.5 Å². The highest BCUT2D eigenvalue weighted by atomic mass is 16.5. The van der Waals surface area contributed by atoms with Crippen molar-refractivity contribution in [3.63, 3.8) is 0 Å². The largest absolute Gasteiger partial charge is 0.497 e. The highest BCUT2D eigenvalue weighted by Gasteiger charge is 2.33. The Hall–Kier alpha value is -3.75. The van der Waals surface area contributed by atoms with Gasteiger partial charge in [-0.05, 0) is 43.7 Å². The van der Waals surface area contributed by atoms with Crippen molar-refractivity contribution in [3.8, 4) is 11.6 Å². The number of hydrogen-bond acceptors (Lipinski definition) is 6. The highest BCUT2D eigenvalue weighted by molar-refractivity contribution is 5.95. The van der Waals surface area contributed by atoms with Crippen molar-refractivity contribution in [1.82, 2.24) is 29.6 Å². The number of anilines is 1. The molecule has 1 aromatic carbocycles. The van der Waals surface area contributed by atoms with Gasteiger partial charge in [-0.1, -0.05) is 12.1 Å². The van der Waals surface area contributed by atoms with Crippen molar-refractivity contribution in [2.45, 2.75) is 26.2 Å². The Morgan fingerprint density at radius 2 is 2.00 bits per heavy atom. The lowest BCUT2D eigenvalue weighted by atomic mass is 9.86. The summed E-state index contributed by atoms with van der Waals surface area (Å²) in [5, 5.41) is 20.4. The minimum absolute atomic E-state index is 0.0620. The number of aromatic nitrogens is 6. The summed E-state index contributed by atoms with van der Waals surface area (Å²) >= 11 is 0. The molecule has 146 valence electrons. The zero-order valence-electron chi connectivity index (χ0n) is 16.2. The summed E-state index contributed by atoms with van der Waals surface area (Å²) in [6, 6.07) is 11.5. The molecule has 0 saturated heterocycles. The van der Waals surface area contributed by atoms with Gasteiger partial charge in [-0.15, -0.1) is 15.3 Å². The van der Waals surface area contributed by atoms with Crippen LogP contribution in [0.4, 0.5) is 5.82 Å². The van der Waals surface area contributed by atoms with Crippen LogP contribution in [0.2, 0.25) is 0 Å². The molecule has 4 aromatic rings. The van der Waals surface area contributed by atoms with Crippen molar-refractivity contribution in [3.05, 3.63) is 59.0 Å². The van der Waals surface area contributed by atoms with E-state index in [1.807, 2.05) is 50.2 Å². The third-order valence-electron chi connectivity index (χ3n) is 5.22. The predicted octanol–water partition coefficient (Wildman–Crippen LogP) is 2.41. The molecule has 9 nitrogen and oxygen atoms in total. The molecule has 0 radical (unpaired) electrons. The maximum Gasteiger partial charge on any atom is 0.226 e. The predicted molar refractivity (Wildman–Crippen MR) is 105 cm³/mol. The molecule has 1 N–H and O–H groups in total. The Bertz CT molecular complexity index is 1260. The van der Waals surface area contributed by atoms with Gasteiger partial charge in [0.1, 0.15) is 11.6 Å². The standard InChI is InChI=1S/C20H19N7O2/c1-11-19-15(13-5-4-6-14(9-13)29-3)10-18(28)21-20(19)27(24-11)17-8-7-16-23-22-12(2)26(16)25-17/h4-9,15H,10H2,1-3H3,(H,21,28)/t15-/m1/s1. The van der Waals surface area contributed by atoms with Gasteiger partial charge in [-0.25, -0.2) is 0 Å². The maximum absolute atomic E-state index is 12.6. The fourth-order valence-corrected chi connectivity index (χ4v) is 3.86. The van der Waals surface area contributed by atoms with Crippen molar-refractivity contribution < 1.29 is 9.53 Å². The first-order valence-electron chi connectivity index (χ1n) is 9.28. The van der Waals surface area contributed by atoms with Gasteiger partial charge in [0.25, 0.3) is 0 Å². The van der Waals surface area contributed by atoms with Crippen LogP contribution in [-0.4, -0.2) is 42.6 Å². The van der Waals surface area contributed by atoms with Gasteiger partial charge in [0.2, 0.25) is 5.91 Å². The molecule has 1 aliphatic heterocycles. The second-order valence-electron chi connectivity index (χ2n) is 7.05. The topological polar surface area (TPSA) is 99.2 Å². The molecule has 1 atom stereocenters. The Morgan fingerprint density at radius 1 is 1.14 bits per heavy atom. The quantitative estimate of drug-likeness (QED) is 0.578. The second-order valence-corrected chi connectivity index (χ2v) is 7.05. The minimum Gasteiger partial charge on any atom is -0.497 e. The number of carbonyl (C=O) groups is 1. The lowest BCUT2D eigenvalue weighted by Crippen LogP contribution is -2.25. The zero-order chi connectivity index (χ0) is 20.1. The van der Waals surface area contributed by atoms with Crippen molar-refractivity contribution >= 4 is 17.4 Å². The normalized spacial score (nSPS) is 16.0. The smallest absolute Gasteiger partial charge is 0.226 e. The average Bonchev–Trinajstić information content (AvgIpc) is 3.27. The number of rotatable bonds is 3. The molecule has 0 fully saturated rings. The van der Waals surface area contributed by atoms with Crippen LogP contribution in [0.25, 0.3) is 11.5 Å². The number of aryl methyl sites for hydroxylation is 2. The van der Waals surface area contributed by atoms with E-state index in [9.17, 15) is 4.79 Å². The lowest BCUT2D eigenvalue weighted by molar-refractivity contribution is -0.116. The molecule has 4 heterocycles. The minimum atomic E-state index is -0.108. The number of methoxy groups -OCH3 is 1. The molecular formula is C20H19N7O2. The van der Waals surface area contributed by atoms with E-state index < -0.39 is 0 Å². The van der Waals surface area contributed by atoms with Crippen molar-refractivity contribution in [2.24, 2.45) is 0 Å². The maximum atomic E-state index is 12.6. The summed E-state index contributed by atoms with van der Waals surface area (Å²) < 4.78 is 8.69. The Morgan fingerprint density at radius 3 is 2.83 bits per heavy atom. The van der Waals surface area contributed by atoms with Gasteiger partial charge in [-0.2, -0.15) is 14.3 Å². The molecule has 0 saturated carbocycles. The molecular weight excluding hydrogens is 370 g/mol. The molecule has 9 heteroatoms. The molecule has 1 amide bonds. The van der Waals surface area contributed by atoms with E-state index in [1.165, 1.54) is 0 Å². The summed E-state index contributed by atoms with van der Waals surface area (Å²) in [5.41, 5.74) is 3.50. The molecule has 0 aliphatic carbocycles. The first-order valence-corrected chi connectivity index (χ1v) is 9.28. The number of fused-ring (bicyclic) bond motifs is 2. The third kappa shape index (κ3) is 2.74. The number of carbonyl (C=O) groups excluding carboxylic acids is 1. The van der Waals surface area contributed by atoms with E-state index in [1.54, 1.807) is 16.3 Å². The van der Waals surface area contributed by atoms with Crippen LogP contribution in [-0.2, 0) is 4.79 Å². The summed E-state index contributed by atoms with van der Waals surface area (Å²) in [6.07, 6.45) is 0.351. The van der Waals surface area contributed by atoms with Gasteiger partial charge in [0.15, 0.2) is 17.3 Å². The molecule has 0 spiro atoms. The molecule has 3 aromatic heterocycles. The zero-order valence-corrected chi connectivity index (χ0v) is 16.2. The third-order valence-corrected chi connectivity index (χ3v) is 5.22. The van der Waals surface area contributed by atoms with Crippen molar-refractivity contribution in [2.75, 3.05) is 12.4 Å². The van der Waals surface area contributed by atoms with Gasteiger partial charge in [0, 0.05) is 17.9 Å². The van der Waals surface area contributed by atoms with Crippen LogP contribution in [0.5, 0.6) is 5.75 Å². The van der Waals surface area contributed by atoms with Gasteiger partial charge in [0.05, 0.1) is 12.8 Å². The Balaban J connectivity index is 1.67. The van der Waals surface area contributed by atoms with E-state index in [-0.39, 0.29) is 11.8 Å².